The molecular formula is C17H19NO4. The van der Waals surface area contributed by atoms with Crippen LogP contribution in [-0.2, 0) is 14.3 Å². The smallest absolute Gasteiger partial charge is 0.309 e. The number of fused-ring (bicyclic) bond motifs is 1. The van der Waals surface area contributed by atoms with Crippen LogP contribution in [0.2, 0.25) is 0 Å². The summed E-state index contributed by atoms with van der Waals surface area (Å²) in [4.78, 5) is 23.4. The molecule has 22 heavy (non-hydrogen) atoms. The van der Waals surface area contributed by atoms with Gasteiger partial charge < -0.3 is 14.5 Å². The molecule has 3 rings (SSSR count). The third-order valence-electron chi connectivity index (χ3n) is 4.01. The molecule has 1 aromatic heterocycles. The van der Waals surface area contributed by atoms with Crippen molar-refractivity contribution in [3.05, 3.63) is 36.1 Å². The van der Waals surface area contributed by atoms with Crippen molar-refractivity contribution in [3.8, 4) is 0 Å². The molecule has 0 radical (unpaired) electrons. The number of para-hydroxylation sites is 1. The topological polar surface area (TPSA) is 68.5 Å². The van der Waals surface area contributed by atoms with E-state index in [1.165, 1.54) is 0 Å². The second-order valence-corrected chi connectivity index (χ2v) is 5.90. The lowest BCUT2D eigenvalue weighted by Crippen LogP contribution is -2.31. The normalized spacial score (nSPS) is 21.4. The Labute approximate surface area is 128 Å². The van der Waals surface area contributed by atoms with E-state index in [0.29, 0.717) is 11.7 Å². The van der Waals surface area contributed by atoms with E-state index in [0.717, 1.165) is 17.4 Å². The van der Waals surface area contributed by atoms with Crippen LogP contribution in [0.3, 0.4) is 0 Å². The van der Waals surface area contributed by atoms with Gasteiger partial charge in [0, 0.05) is 5.39 Å². The van der Waals surface area contributed by atoms with Gasteiger partial charge >= 0.3 is 5.97 Å². The summed E-state index contributed by atoms with van der Waals surface area (Å²) >= 11 is 0. The predicted molar refractivity (Wildman–Crippen MR) is 81.0 cm³/mol. The molecule has 1 saturated carbocycles. The summed E-state index contributed by atoms with van der Waals surface area (Å²) < 4.78 is 10.7. The number of carbonyl (C=O) groups excluding carboxylic acids is 2. The number of hydrogen-bond acceptors (Lipinski definition) is 4. The average molecular weight is 301 g/mol. The van der Waals surface area contributed by atoms with Crippen LogP contribution in [0.5, 0.6) is 0 Å². The van der Waals surface area contributed by atoms with Crippen molar-refractivity contribution in [1.29, 1.82) is 0 Å². The van der Waals surface area contributed by atoms with E-state index in [1.54, 1.807) is 0 Å². The highest BCUT2D eigenvalue weighted by molar-refractivity contribution is 5.83. The van der Waals surface area contributed by atoms with Crippen LogP contribution in [0, 0.1) is 11.8 Å². The fraction of sp³-hybridized carbons (Fsp3) is 0.412. The molecule has 0 bridgehead atoms. The molecule has 116 valence electrons. The molecule has 1 fully saturated rings. The van der Waals surface area contributed by atoms with E-state index in [-0.39, 0.29) is 30.4 Å². The van der Waals surface area contributed by atoms with Crippen LogP contribution in [0.4, 0.5) is 0 Å². The van der Waals surface area contributed by atoms with E-state index >= 15 is 0 Å². The van der Waals surface area contributed by atoms with Crippen molar-refractivity contribution >= 4 is 22.8 Å². The highest BCUT2D eigenvalue weighted by atomic mass is 16.5. The minimum atomic E-state index is -0.324. The second kappa shape index (κ2) is 5.83. The van der Waals surface area contributed by atoms with Gasteiger partial charge in [0.1, 0.15) is 11.3 Å². The Morgan fingerprint density at radius 3 is 2.82 bits per heavy atom. The Balaban J connectivity index is 1.53. The summed E-state index contributed by atoms with van der Waals surface area (Å²) in [5, 5.41) is 3.77. The number of amides is 1. The van der Waals surface area contributed by atoms with E-state index in [2.05, 4.69) is 5.32 Å². The van der Waals surface area contributed by atoms with Crippen molar-refractivity contribution in [2.75, 3.05) is 6.61 Å². The lowest BCUT2D eigenvalue weighted by atomic mass is 10.2. The summed E-state index contributed by atoms with van der Waals surface area (Å²) in [6.45, 7) is 3.59. The van der Waals surface area contributed by atoms with Gasteiger partial charge in [-0.2, -0.15) is 0 Å². The molecule has 0 unspecified atom stereocenters. The van der Waals surface area contributed by atoms with Crippen LogP contribution in [0.25, 0.3) is 11.0 Å². The van der Waals surface area contributed by atoms with Gasteiger partial charge in [0.25, 0.3) is 5.91 Å². The lowest BCUT2D eigenvalue weighted by Gasteiger charge is -2.11. The Bertz CT molecular complexity index is 673. The first-order valence-corrected chi connectivity index (χ1v) is 7.49. The molecule has 0 saturated heterocycles. The molecule has 2 aromatic rings. The van der Waals surface area contributed by atoms with E-state index in [9.17, 15) is 9.59 Å². The maximum Gasteiger partial charge on any atom is 0.309 e. The third-order valence-corrected chi connectivity index (χ3v) is 4.01. The van der Waals surface area contributed by atoms with Crippen LogP contribution >= 0.6 is 0 Å². The summed E-state index contributed by atoms with van der Waals surface area (Å²) in [7, 11) is 0. The second-order valence-electron chi connectivity index (χ2n) is 5.90. The first kappa shape index (κ1) is 14.6. The van der Waals surface area contributed by atoms with Gasteiger partial charge in [-0.15, -0.1) is 0 Å². The number of carbonyl (C=O) groups is 2. The lowest BCUT2D eigenvalue weighted by molar-refractivity contribution is -0.150. The minimum Gasteiger partial charge on any atom is -0.459 e. The summed E-state index contributed by atoms with van der Waals surface area (Å²) in [5.41, 5.74) is 0.785. The quantitative estimate of drug-likeness (QED) is 0.862. The van der Waals surface area contributed by atoms with Crippen LogP contribution < -0.4 is 5.32 Å². The Morgan fingerprint density at radius 1 is 1.41 bits per heavy atom. The number of hydrogen-bond donors (Lipinski definition) is 1. The number of nitrogens with one attached hydrogen (secondary N) is 1. The Morgan fingerprint density at radius 2 is 2.14 bits per heavy atom. The molecular weight excluding hydrogens is 282 g/mol. The average Bonchev–Trinajstić information content (AvgIpc) is 3.07. The molecule has 5 nitrogen and oxygen atoms in total. The number of benzene rings is 1. The SMILES string of the molecule is C[C@H](NC(=O)COC(=O)[C@@H]1C[C@@H]1C)c1cc2ccccc2o1. The summed E-state index contributed by atoms with van der Waals surface area (Å²) in [6.07, 6.45) is 0.857. The monoisotopic (exact) mass is 301 g/mol. The highest BCUT2D eigenvalue weighted by Gasteiger charge is 2.40. The van der Waals surface area contributed by atoms with Gasteiger partial charge in [-0.25, -0.2) is 0 Å². The standard InChI is InChI=1S/C17H19NO4/c1-10-7-13(10)17(20)21-9-16(19)18-11(2)15-8-12-5-3-4-6-14(12)22-15/h3-6,8,10-11,13H,7,9H2,1-2H3,(H,18,19)/t10-,11-,13+/m0/s1. The predicted octanol–water partition coefficient (Wildman–Crippen LogP) is 2.81. The van der Waals surface area contributed by atoms with Crippen molar-refractivity contribution in [2.24, 2.45) is 11.8 Å². The molecule has 1 heterocycles. The van der Waals surface area contributed by atoms with Crippen molar-refractivity contribution in [2.45, 2.75) is 26.3 Å². The van der Waals surface area contributed by atoms with Gasteiger partial charge in [0.2, 0.25) is 0 Å². The molecule has 0 aliphatic heterocycles. The zero-order valence-corrected chi connectivity index (χ0v) is 12.7. The molecule has 0 spiro atoms. The zero-order valence-electron chi connectivity index (χ0n) is 12.7. The summed E-state index contributed by atoms with van der Waals surface area (Å²) in [5.74, 6) is 0.427. The van der Waals surface area contributed by atoms with Crippen LogP contribution in [-0.4, -0.2) is 18.5 Å². The Hall–Kier alpha value is -2.30. The number of esters is 1. The van der Waals surface area contributed by atoms with Gasteiger partial charge in [-0.1, -0.05) is 25.1 Å². The first-order chi connectivity index (χ1) is 10.5. The van der Waals surface area contributed by atoms with Crippen molar-refractivity contribution in [1.82, 2.24) is 5.32 Å². The van der Waals surface area contributed by atoms with Gasteiger partial charge in [-0.3, -0.25) is 9.59 Å². The Kier molecular flexibility index (Phi) is 3.88. The fourth-order valence-electron chi connectivity index (χ4n) is 2.46. The molecule has 1 amide bonds. The van der Waals surface area contributed by atoms with Gasteiger partial charge in [0.15, 0.2) is 6.61 Å². The minimum absolute atomic E-state index is 0.0272. The van der Waals surface area contributed by atoms with Gasteiger partial charge in [-0.05, 0) is 31.4 Å². The molecule has 1 N–H and O–H groups in total. The molecule has 1 aliphatic carbocycles. The number of furan rings is 1. The third kappa shape index (κ3) is 3.13. The number of ether oxygens (including phenoxy) is 1. The van der Waals surface area contributed by atoms with Crippen LogP contribution in [0.1, 0.15) is 32.1 Å². The van der Waals surface area contributed by atoms with Crippen molar-refractivity contribution in [3.63, 3.8) is 0 Å². The van der Waals surface area contributed by atoms with Crippen LogP contribution in [0.15, 0.2) is 34.7 Å². The fourth-order valence-corrected chi connectivity index (χ4v) is 2.46. The summed E-state index contributed by atoms with van der Waals surface area (Å²) in [6, 6.07) is 9.29. The van der Waals surface area contributed by atoms with Crippen molar-refractivity contribution < 1.29 is 18.7 Å². The maximum atomic E-state index is 11.8. The molecule has 3 atom stereocenters. The first-order valence-electron chi connectivity index (χ1n) is 7.49. The largest absolute Gasteiger partial charge is 0.459 e. The number of rotatable bonds is 5. The highest BCUT2D eigenvalue weighted by Crippen LogP contribution is 2.38. The maximum absolute atomic E-state index is 11.8. The van der Waals surface area contributed by atoms with E-state index < -0.39 is 0 Å². The molecule has 5 heteroatoms. The van der Waals surface area contributed by atoms with E-state index in [1.807, 2.05) is 44.2 Å². The van der Waals surface area contributed by atoms with E-state index in [4.69, 9.17) is 9.15 Å². The molecule has 1 aliphatic rings. The van der Waals surface area contributed by atoms with Gasteiger partial charge in [0.05, 0.1) is 12.0 Å². The molecule has 1 aromatic carbocycles. The zero-order chi connectivity index (χ0) is 15.7.